The van der Waals surface area contributed by atoms with Gasteiger partial charge in [0.15, 0.2) is 0 Å². The number of hydrogen-bond donors (Lipinski definition) is 3. The molecule has 2 saturated carbocycles. The third kappa shape index (κ3) is 5.17. The number of amides is 1. The maximum absolute atomic E-state index is 12.6. The Morgan fingerprint density at radius 3 is 2.44 bits per heavy atom. The lowest BCUT2D eigenvalue weighted by Crippen LogP contribution is -2.53. The summed E-state index contributed by atoms with van der Waals surface area (Å²) in [5.41, 5.74) is 7.13. The van der Waals surface area contributed by atoms with Crippen molar-refractivity contribution in [2.45, 2.75) is 49.9 Å². The molecule has 0 spiro atoms. The van der Waals surface area contributed by atoms with Crippen molar-refractivity contribution < 1.29 is 13.2 Å². The van der Waals surface area contributed by atoms with Crippen LogP contribution in [-0.2, 0) is 15.8 Å². The Balaban J connectivity index is 0.00000225. The number of sulfonamides is 1. The molecular formula is C17H26ClN3O3S. The summed E-state index contributed by atoms with van der Waals surface area (Å²) in [6, 6.07) is 7.07. The lowest BCUT2D eigenvalue weighted by molar-refractivity contribution is 0.0756. The van der Waals surface area contributed by atoms with E-state index in [1.807, 2.05) is 0 Å². The molecule has 0 radical (unpaired) electrons. The molecule has 0 aliphatic heterocycles. The van der Waals surface area contributed by atoms with Crippen LogP contribution in [0.25, 0.3) is 0 Å². The Hall–Kier alpha value is -1.15. The molecule has 0 heterocycles. The highest BCUT2D eigenvalue weighted by Crippen LogP contribution is 2.39. The molecule has 0 aromatic heterocycles. The fraction of sp³-hybridized carbons (Fsp3) is 0.588. The molecule has 140 valence electrons. The molecule has 2 bridgehead atoms. The van der Waals surface area contributed by atoms with Crippen molar-refractivity contribution in [2.24, 2.45) is 22.7 Å². The third-order valence-electron chi connectivity index (χ3n) is 5.23. The normalized spacial score (nSPS) is 28.7. The Morgan fingerprint density at radius 1 is 1.20 bits per heavy atom. The summed E-state index contributed by atoms with van der Waals surface area (Å²) in [6.45, 7) is 0. The summed E-state index contributed by atoms with van der Waals surface area (Å²) in [4.78, 5) is 12.6. The van der Waals surface area contributed by atoms with E-state index in [-0.39, 0.29) is 36.2 Å². The monoisotopic (exact) mass is 387 g/mol. The molecule has 2 unspecified atom stereocenters. The summed E-state index contributed by atoms with van der Waals surface area (Å²) in [7, 11) is -3.61. The topological polar surface area (TPSA) is 115 Å². The molecule has 5 N–H and O–H groups in total. The van der Waals surface area contributed by atoms with Crippen LogP contribution in [0.1, 0.15) is 48.0 Å². The highest BCUT2D eigenvalue weighted by atomic mass is 35.5. The van der Waals surface area contributed by atoms with Gasteiger partial charge in [-0.2, -0.15) is 0 Å². The van der Waals surface area contributed by atoms with Crippen molar-refractivity contribution >= 4 is 28.3 Å². The van der Waals surface area contributed by atoms with Crippen LogP contribution in [0, 0.1) is 11.8 Å². The Kier molecular flexibility index (Phi) is 6.48. The van der Waals surface area contributed by atoms with Crippen molar-refractivity contribution in [3.63, 3.8) is 0 Å². The van der Waals surface area contributed by atoms with Gasteiger partial charge in [-0.25, -0.2) is 13.6 Å². The van der Waals surface area contributed by atoms with Crippen LogP contribution < -0.4 is 16.2 Å². The van der Waals surface area contributed by atoms with Gasteiger partial charge in [-0.1, -0.05) is 18.6 Å². The molecule has 8 heteroatoms. The number of carbonyl (C=O) groups is 1. The minimum absolute atomic E-state index is 0. The zero-order valence-electron chi connectivity index (χ0n) is 14.1. The smallest absolute Gasteiger partial charge is 0.251 e. The van der Waals surface area contributed by atoms with Crippen LogP contribution in [-0.4, -0.2) is 26.4 Å². The van der Waals surface area contributed by atoms with Crippen molar-refractivity contribution in [2.75, 3.05) is 0 Å². The van der Waals surface area contributed by atoms with Gasteiger partial charge < -0.3 is 11.1 Å². The molecule has 6 nitrogen and oxygen atoms in total. The van der Waals surface area contributed by atoms with Crippen molar-refractivity contribution in [3.8, 4) is 0 Å². The molecule has 3 rings (SSSR count). The zero-order chi connectivity index (χ0) is 17.3. The van der Waals surface area contributed by atoms with Gasteiger partial charge in [-0.05, 0) is 55.2 Å². The van der Waals surface area contributed by atoms with Gasteiger partial charge in [0.2, 0.25) is 10.0 Å². The summed E-state index contributed by atoms with van der Waals surface area (Å²) < 4.78 is 22.5. The Morgan fingerprint density at radius 2 is 1.84 bits per heavy atom. The van der Waals surface area contributed by atoms with Crippen LogP contribution in [0.15, 0.2) is 24.3 Å². The third-order valence-corrected chi connectivity index (χ3v) is 5.97. The Labute approximate surface area is 155 Å². The highest BCUT2D eigenvalue weighted by molar-refractivity contribution is 7.88. The van der Waals surface area contributed by atoms with E-state index in [0.717, 1.165) is 25.7 Å². The standard InChI is InChI=1S/C17H25N3O3S.ClH/c18-15-8-12-4-2-5-13(9-15)16(12)20-17(21)14-6-1-3-11(7-14)10-24(19,22)23;/h1,3,6-7,12-13,15-16H,2,4-5,8-10,18H2,(H,20,21)(H2,19,22,23);1H. The second-order valence-corrected chi connectivity index (χ2v) is 8.80. The first-order chi connectivity index (χ1) is 11.3. The molecule has 25 heavy (non-hydrogen) atoms. The van der Waals surface area contributed by atoms with Gasteiger partial charge in [0, 0.05) is 17.6 Å². The zero-order valence-corrected chi connectivity index (χ0v) is 15.7. The summed E-state index contributed by atoms with van der Waals surface area (Å²) in [5.74, 6) is 0.481. The number of fused-ring (bicyclic) bond motifs is 2. The maximum atomic E-state index is 12.6. The van der Waals surface area contributed by atoms with Crippen LogP contribution >= 0.6 is 12.4 Å². The average Bonchev–Trinajstić information content (AvgIpc) is 2.46. The maximum Gasteiger partial charge on any atom is 0.251 e. The highest BCUT2D eigenvalue weighted by Gasteiger charge is 2.39. The second kappa shape index (κ2) is 8.03. The number of halogens is 1. The molecule has 0 saturated heterocycles. The van der Waals surface area contributed by atoms with E-state index in [2.05, 4.69) is 5.32 Å². The molecule has 1 aromatic carbocycles. The number of nitrogens with two attached hydrogens (primary N) is 2. The van der Waals surface area contributed by atoms with Crippen LogP contribution in [0.4, 0.5) is 0 Å². The van der Waals surface area contributed by atoms with Gasteiger partial charge in [0.05, 0.1) is 5.75 Å². The Bertz CT molecular complexity index is 712. The lowest BCUT2D eigenvalue weighted by atomic mass is 9.67. The quantitative estimate of drug-likeness (QED) is 0.726. The summed E-state index contributed by atoms with van der Waals surface area (Å²) >= 11 is 0. The SMILES string of the molecule is Cl.NC1CC2CCCC(C1)C2NC(=O)c1cccc(CS(N)(=O)=O)c1. The van der Waals surface area contributed by atoms with Crippen molar-refractivity contribution in [1.29, 1.82) is 0 Å². The number of hydrogen-bond acceptors (Lipinski definition) is 4. The summed E-state index contributed by atoms with van der Waals surface area (Å²) in [6.07, 6.45) is 5.36. The molecular weight excluding hydrogens is 362 g/mol. The first-order valence-corrected chi connectivity index (χ1v) is 10.2. The molecule has 2 aliphatic rings. The van der Waals surface area contributed by atoms with Crippen LogP contribution in [0.3, 0.4) is 0 Å². The van der Waals surface area contributed by atoms with E-state index in [4.69, 9.17) is 10.9 Å². The largest absolute Gasteiger partial charge is 0.349 e. The minimum Gasteiger partial charge on any atom is -0.349 e. The first kappa shape index (κ1) is 20.2. The first-order valence-electron chi connectivity index (χ1n) is 8.47. The minimum atomic E-state index is -3.61. The van der Waals surface area contributed by atoms with Gasteiger partial charge in [-0.3, -0.25) is 4.79 Å². The van der Waals surface area contributed by atoms with Crippen molar-refractivity contribution in [3.05, 3.63) is 35.4 Å². The van der Waals surface area contributed by atoms with E-state index in [9.17, 15) is 13.2 Å². The van der Waals surface area contributed by atoms with E-state index in [1.165, 1.54) is 6.42 Å². The van der Waals surface area contributed by atoms with Crippen LogP contribution in [0.2, 0.25) is 0 Å². The number of benzene rings is 1. The van der Waals surface area contributed by atoms with E-state index < -0.39 is 10.0 Å². The summed E-state index contributed by atoms with van der Waals surface area (Å²) in [5, 5.41) is 8.25. The fourth-order valence-electron chi connectivity index (χ4n) is 4.29. The molecule has 2 atom stereocenters. The van der Waals surface area contributed by atoms with Gasteiger partial charge in [-0.15, -0.1) is 12.4 Å². The number of primary sulfonamides is 1. The van der Waals surface area contributed by atoms with Crippen LogP contribution in [0.5, 0.6) is 0 Å². The molecule has 1 aromatic rings. The van der Waals surface area contributed by atoms with E-state index in [0.29, 0.717) is 23.0 Å². The van der Waals surface area contributed by atoms with E-state index >= 15 is 0 Å². The fourth-order valence-corrected chi connectivity index (χ4v) is 4.94. The number of rotatable bonds is 4. The molecule has 1 amide bonds. The molecule has 2 fully saturated rings. The second-order valence-electron chi connectivity index (χ2n) is 7.19. The lowest BCUT2D eigenvalue weighted by Gasteiger charge is -2.45. The van der Waals surface area contributed by atoms with Gasteiger partial charge in [0.25, 0.3) is 5.91 Å². The average molecular weight is 388 g/mol. The van der Waals surface area contributed by atoms with Gasteiger partial charge in [0.1, 0.15) is 0 Å². The van der Waals surface area contributed by atoms with Crippen molar-refractivity contribution in [1.82, 2.24) is 5.32 Å². The predicted molar refractivity (Wildman–Crippen MR) is 99.8 cm³/mol. The number of carbonyl (C=O) groups excluding carboxylic acids is 1. The van der Waals surface area contributed by atoms with Gasteiger partial charge >= 0.3 is 0 Å². The number of nitrogens with one attached hydrogen (secondary N) is 1. The van der Waals surface area contributed by atoms with E-state index in [1.54, 1.807) is 24.3 Å². The molecule has 2 aliphatic carbocycles. The predicted octanol–water partition coefficient (Wildman–Crippen LogP) is 1.53.